The van der Waals surface area contributed by atoms with Crippen LogP contribution in [0.15, 0.2) is 0 Å². The van der Waals surface area contributed by atoms with E-state index in [4.69, 9.17) is 0 Å². The van der Waals surface area contributed by atoms with E-state index in [0.717, 1.165) is 25.7 Å². The number of carbonyl (C=O) groups excluding carboxylic acids is 2. The topological polar surface area (TPSA) is 49.4 Å². The molecule has 1 saturated heterocycles. The van der Waals surface area contributed by atoms with Gasteiger partial charge in [0.05, 0.1) is 6.54 Å². The van der Waals surface area contributed by atoms with Gasteiger partial charge in [0.2, 0.25) is 11.8 Å². The Balaban J connectivity index is 1.90. The van der Waals surface area contributed by atoms with Gasteiger partial charge in [0.25, 0.3) is 6.43 Å². The average molecular weight is 272 g/mol. The van der Waals surface area contributed by atoms with Crippen LogP contribution in [0.4, 0.5) is 8.78 Å². The Labute approximate surface area is 110 Å². The molecule has 3 aliphatic rings. The second kappa shape index (κ2) is 4.42. The average Bonchev–Trinajstić information content (AvgIpc) is 3.08. The highest BCUT2D eigenvalue weighted by Gasteiger charge is 2.56. The van der Waals surface area contributed by atoms with Crippen molar-refractivity contribution in [3.05, 3.63) is 0 Å². The molecule has 4 nitrogen and oxygen atoms in total. The zero-order valence-electron chi connectivity index (χ0n) is 10.7. The van der Waals surface area contributed by atoms with E-state index in [-0.39, 0.29) is 17.7 Å². The minimum atomic E-state index is -2.59. The number of piperazine rings is 1. The summed E-state index contributed by atoms with van der Waals surface area (Å²) < 4.78 is 25.5. The Kier molecular flexibility index (Phi) is 2.98. The van der Waals surface area contributed by atoms with E-state index in [1.165, 1.54) is 4.90 Å². The third-order valence-electron chi connectivity index (χ3n) is 4.60. The number of halogens is 2. The van der Waals surface area contributed by atoms with E-state index in [2.05, 4.69) is 5.32 Å². The molecule has 2 aliphatic carbocycles. The molecule has 1 unspecified atom stereocenters. The maximum Gasteiger partial charge on any atom is 0.255 e. The van der Waals surface area contributed by atoms with Crippen LogP contribution in [0.3, 0.4) is 0 Å². The zero-order chi connectivity index (χ0) is 13.6. The fraction of sp³-hybridized carbons (Fsp3) is 0.846. The van der Waals surface area contributed by atoms with Crippen LogP contribution in [0.2, 0.25) is 0 Å². The van der Waals surface area contributed by atoms with Gasteiger partial charge in [0.1, 0.15) is 11.6 Å². The van der Waals surface area contributed by atoms with Crippen LogP contribution < -0.4 is 5.32 Å². The molecule has 1 N–H and O–H groups in total. The second-order valence-corrected chi connectivity index (χ2v) is 5.87. The van der Waals surface area contributed by atoms with E-state index < -0.39 is 24.6 Å². The minimum Gasteiger partial charge on any atom is -0.342 e. The van der Waals surface area contributed by atoms with Crippen molar-refractivity contribution < 1.29 is 18.4 Å². The lowest BCUT2D eigenvalue weighted by Crippen LogP contribution is -2.70. The monoisotopic (exact) mass is 272 g/mol. The molecule has 0 aromatic heterocycles. The number of alkyl halides is 2. The lowest BCUT2D eigenvalue weighted by Gasteiger charge is -2.46. The molecule has 1 atom stereocenters. The molecule has 1 spiro atoms. The maximum atomic E-state index is 12.8. The zero-order valence-corrected chi connectivity index (χ0v) is 10.7. The van der Waals surface area contributed by atoms with E-state index >= 15 is 0 Å². The first kappa shape index (κ1) is 12.8. The summed E-state index contributed by atoms with van der Waals surface area (Å²) in [5.74, 6) is -0.373. The molecule has 1 heterocycles. The van der Waals surface area contributed by atoms with Crippen molar-refractivity contribution in [2.45, 2.75) is 56.5 Å². The number of carbonyl (C=O) groups is 2. The Morgan fingerprint density at radius 3 is 2.42 bits per heavy atom. The summed E-state index contributed by atoms with van der Waals surface area (Å²) in [5, 5.41) is 2.79. The first-order valence-electron chi connectivity index (χ1n) is 6.95. The quantitative estimate of drug-likeness (QED) is 0.842. The van der Waals surface area contributed by atoms with Gasteiger partial charge in [0.15, 0.2) is 0 Å². The van der Waals surface area contributed by atoms with Crippen LogP contribution in [0, 0.1) is 5.92 Å². The lowest BCUT2D eigenvalue weighted by atomic mass is 9.88. The summed E-state index contributed by atoms with van der Waals surface area (Å²) in [5.41, 5.74) is -1.00. The molecule has 3 rings (SSSR count). The Morgan fingerprint density at radius 1 is 1.26 bits per heavy atom. The minimum absolute atomic E-state index is 0.148. The number of nitrogens with one attached hydrogen (secondary N) is 1. The number of rotatable bonds is 3. The number of nitrogens with zero attached hydrogens (tertiary/aromatic N) is 1. The smallest absolute Gasteiger partial charge is 0.255 e. The van der Waals surface area contributed by atoms with Gasteiger partial charge < -0.3 is 10.2 Å². The highest BCUT2D eigenvalue weighted by atomic mass is 19.3. The van der Waals surface area contributed by atoms with Gasteiger partial charge in [-0.2, -0.15) is 0 Å². The summed E-state index contributed by atoms with van der Waals surface area (Å²) in [4.78, 5) is 26.0. The first-order chi connectivity index (χ1) is 9.04. The van der Waals surface area contributed by atoms with Crippen molar-refractivity contribution in [3.63, 3.8) is 0 Å². The van der Waals surface area contributed by atoms with Crippen molar-refractivity contribution in [1.29, 1.82) is 0 Å². The van der Waals surface area contributed by atoms with Crippen LogP contribution in [0.25, 0.3) is 0 Å². The maximum absolute atomic E-state index is 12.8. The number of hydrogen-bond donors (Lipinski definition) is 1. The van der Waals surface area contributed by atoms with Crippen molar-refractivity contribution in [2.75, 3.05) is 6.54 Å². The fourth-order valence-electron chi connectivity index (χ4n) is 3.45. The molecule has 6 heteroatoms. The van der Waals surface area contributed by atoms with Gasteiger partial charge >= 0.3 is 0 Å². The Hall–Kier alpha value is -1.20. The molecule has 1 aliphatic heterocycles. The highest BCUT2D eigenvalue weighted by molar-refractivity contribution is 6.00. The van der Waals surface area contributed by atoms with Crippen molar-refractivity contribution in [1.82, 2.24) is 10.2 Å². The molecule has 0 aromatic rings. The van der Waals surface area contributed by atoms with E-state index in [0.29, 0.717) is 12.8 Å². The lowest BCUT2D eigenvalue weighted by molar-refractivity contribution is -0.160. The molecule has 3 fully saturated rings. The van der Waals surface area contributed by atoms with Gasteiger partial charge in [-0.3, -0.25) is 9.59 Å². The number of amides is 2. The second-order valence-electron chi connectivity index (χ2n) is 5.87. The van der Waals surface area contributed by atoms with E-state index in [1.54, 1.807) is 0 Å². The third-order valence-corrected chi connectivity index (χ3v) is 4.60. The predicted molar refractivity (Wildman–Crippen MR) is 63.6 cm³/mol. The molecule has 0 aromatic carbocycles. The van der Waals surface area contributed by atoms with Gasteiger partial charge in [-0.1, -0.05) is 12.8 Å². The standard InChI is InChI=1S/C13H18F2N2O2/c14-9(15)7-17-11(18)10(8-3-4-8)16-12(19)13(17)5-1-2-6-13/h8-10H,1-7H2,(H,16,19). The van der Waals surface area contributed by atoms with Crippen molar-refractivity contribution in [2.24, 2.45) is 5.92 Å². The van der Waals surface area contributed by atoms with Gasteiger partial charge in [-0.05, 0) is 31.6 Å². The largest absolute Gasteiger partial charge is 0.342 e. The molecule has 2 saturated carbocycles. The van der Waals surface area contributed by atoms with Gasteiger partial charge in [-0.25, -0.2) is 8.78 Å². The molecular formula is C13H18F2N2O2. The summed E-state index contributed by atoms with van der Waals surface area (Å²) in [6.45, 7) is -0.616. The normalized spacial score (nSPS) is 30.3. The highest BCUT2D eigenvalue weighted by Crippen LogP contribution is 2.42. The SMILES string of the molecule is O=C1C(C2CC2)NC(=O)C2(CCCC2)N1CC(F)F. The van der Waals surface area contributed by atoms with E-state index in [1.807, 2.05) is 0 Å². The first-order valence-corrected chi connectivity index (χ1v) is 6.95. The molecule has 0 radical (unpaired) electrons. The van der Waals surface area contributed by atoms with Gasteiger partial charge in [-0.15, -0.1) is 0 Å². The summed E-state index contributed by atoms with van der Waals surface area (Å²) in [6.07, 6.45) is 1.84. The predicted octanol–water partition coefficient (Wildman–Crippen LogP) is 1.30. The van der Waals surface area contributed by atoms with E-state index in [9.17, 15) is 18.4 Å². The summed E-state index contributed by atoms with van der Waals surface area (Å²) >= 11 is 0. The van der Waals surface area contributed by atoms with Gasteiger partial charge in [0, 0.05) is 0 Å². The molecule has 2 amide bonds. The molecular weight excluding hydrogens is 254 g/mol. The van der Waals surface area contributed by atoms with Crippen molar-refractivity contribution in [3.8, 4) is 0 Å². The van der Waals surface area contributed by atoms with Crippen LogP contribution >= 0.6 is 0 Å². The Morgan fingerprint density at radius 2 is 1.89 bits per heavy atom. The van der Waals surface area contributed by atoms with Crippen LogP contribution in [0.1, 0.15) is 38.5 Å². The van der Waals surface area contributed by atoms with Crippen molar-refractivity contribution >= 4 is 11.8 Å². The molecule has 19 heavy (non-hydrogen) atoms. The van der Waals surface area contributed by atoms with Crippen LogP contribution in [0.5, 0.6) is 0 Å². The summed E-state index contributed by atoms with van der Waals surface area (Å²) in [7, 11) is 0. The fourth-order valence-corrected chi connectivity index (χ4v) is 3.45. The number of hydrogen-bond acceptors (Lipinski definition) is 2. The Bertz CT molecular complexity index is 403. The van der Waals surface area contributed by atoms with Crippen LogP contribution in [-0.2, 0) is 9.59 Å². The third kappa shape index (κ3) is 2.01. The summed E-state index contributed by atoms with van der Waals surface area (Å²) in [6, 6.07) is -0.572. The molecule has 0 bridgehead atoms. The molecule has 106 valence electrons. The van der Waals surface area contributed by atoms with Crippen LogP contribution in [-0.4, -0.2) is 41.3 Å².